The number of carbonyl (C=O) groups is 3. The van der Waals surface area contributed by atoms with Gasteiger partial charge in [-0.2, -0.15) is 0 Å². The molecule has 5 N–H and O–H groups in total. The lowest BCUT2D eigenvalue weighted by atomic mass is 9.83. The van der Waals surface area contributed by atoms with E-state index < -0.39 is 30.4 Å². The summed E-state index contributed by atoms with van der Waals surface area (Å²) in [5.74, 6) is -1.59. The van der Waals surface area contributed by atoms with Gasteiger partial charge in [0.05, 0.1) is 6.42 Å². The summed E-state index contributed by atoms with van der Waals surface area (Å²) >= 11 is 0. The molecule has 120 valence electrons. The van der Waals surface area contributed by atoms with Crippen molar-refractivity contribution < 1.29 is 19.5 Å². The molecular weight excluding hydrogens is 274 g/mol. The quantitative estimate of drug-likeness (QED) is 0.559. The number of amides is 3. The fraction of sp³-hybridized carbons (Fsp3) is 0.786. The van der Waals surface area contributed by atoms with Gasteiger partial charge in [-0.1, -0.05) is 26.2 Å². The third-order valence-corrected chi connectivity index (χ3v) is 3.98. The number of hydrogen-bond acceptors (Lipinski definition) is 3. The Balaban J connectivity index is 2.52. The van der Waals surface area contributed by atoms with Gasteiger partial charge in [-0.15, -0.1) is 0 Å². The van der Waals surface area contributed by atoms with Gasteiger partial charge in [-0.05, 0) is 25.2 Å². The number of nitrogens with two attached hydrogens (primary N) is 1. The summed E-state index contributed by atoms with van der Waals surface area (Å²) in [5, 5.41) is 14.1. The molecule has 0 saturated heterocycles. The average Bonchev–Trinajstić information content (AvgIpc) is 2.44. The van der Waals surface area contributed by atoms with E-state index in [2.05, 4.69) is 10.6 Å². The maximum Gasteiger partial charge on any atom is 0.326 e. The van der Waals surface area contributed by atoms with Gasteiger partial charge in [-0.25, -0.2) is 9.59 Å². The molecule has 1 unspecified atom stereocenters. The van der Waals surface area contributed by atoms with Crippen LogP contribution in [-0.4, -0.2) is 35.1 Å². The van der Waals surface area contributed by atoms with E-state index in [1.165, 1.54) is 19.3 Å². The van der Waals surface area contributed by atoms with Crippen LogP contribution in [0.15, 0.2) is 0 Å². The summed E-state index contributed by atoms with van der Waals surface area (Å²) in [7, 11) is 0. The lowest BCUT2D eigenvalue weighted by molar-refractivity contribution is -0.140. The van der Waals surface area contributed by atoms with Gasteiger partial charge in [0.25, 0.3) is 0 Å². The maximum atomic E-state index is 11.9. The zero-order valence-corrected chi connectivity index (χ0v) is 12.4. The number of urea groups is 1. The Bertz CT molecular complexity index is 380. The van der Waals surface area contributed by atoms with Crippen LogP contribution in [0.1, 0.15) is 51.9 Å². The average molecular weight is 299 g/mol. The molecule has 0 heterocycles. The number of aliphatic carboxylic acids is 1. The molecule has 3 amide bonds. The van der Waals surface area contributed by atoms with Crippen molar-refractivity contribution >= 4 is 17.9 Å². The first kappa shape index (κ1) is 17.3. The molecule has 1 rings (SSSR count). The van der Waals surface area contributed by atoms with Gasteiger partial charge in [0.15, 0.2) is 0 Å². The van der Waals surface area contributed by atoms with Gasteiger partial charge in [-0.3, -0.25) is 4.79 Å². The summed E-state index contributed by atoms with van der Waals surface area (Å²) in [6, 6.07) is -1.80. The summed E-state index contributed by atoms with van der Waals surface area (Å²) in [6.07, 6.45) is 6.13. The summed E-state index contributed by atoms with van der Waals surface area (Å²) in [5.41, 5.74) is 4.98. The van der Waals surface area contributed by atoms with Crippen molar-refractivity contribution in [3.8, 4) is 0 Å². The van der Waals surface area contributed by atoms with Gasteiger partial charge in [0.1, 0.15) is 6.04 Å². The van der Waals surface area contributed by atoms with Crippen molar-refractivity contribution in [2.24, 2.45) is 11.7 Å². The van der Waals surface area contributed by atoms with E-state index in [0.29, 0.717) is 5.92 Å². The highest BCUT2D eigenvalue weighted by Gasteiger charge is 2.26. The van der Waals surface area contributed by atoms with Crippen molar-refractivity contribution in [1.82, 2.24) is 10.6 Å². The molecule has 21 heavy (non-hydrogen) atoms. The number of primary amides is 1. The van der Waals surface area contributed by atoms with Crippen LogP contribution in [0.3, 0.4) is 0 Å². The van der Waals surface area contributed by atoms with Crippen LogP contribution < -0.4 is 16.4 Å². The zero-order chi connectivity index (χ0) is 15.8. The Hall–Kier alpha value is -1.79. The lowest BCUT2D eigenvalue weighted by Gasteiger charge is -2.30. The van der Waals surface area contributed by atoms with E-state index in [0.717, 1.165) is 19.3 Å². The zero-order valence-electron chi connectivity index (χ0n) is 12.4. The summed E-state index contributed by atoms with van der Waals surface area (Å²) in [4.78, 5) is 33.7. The van der Waals surface area contributed by atoms with Gasteiger partial charge in [0.2, 0.25) is 5.91 Å². The fourth-order valence-corrected chi connectivity index (χ4v) is 2.86. The third kappa shape index (κ3) is 6.01. The second-order valence-electron chi connectivity index (χ2n) is 5.59. The first-order chi connectivity index (χ1) is 9.93. The van der Waals surface area contributed by atoms with Crippen LogP contribution in [0, 0.1) is 5.92 Å². The Labute approximate surface area is 124 Å². The minimum Gasteiger partial charge on any atom is -0.480 e. The molecule has 1 aliphatic carbocycles. The molecule has 0 aromatic carbocycles. The largest absolute Gasteiger partial charge is 0.480 e. The second-order valence-corrected chi connectivity index (χ2v) is 5.59. The molecule has 0 bridgehead atoms. The third-order valence-electron chi connectivity index (χ3n) is 3.98. The number of rotatable bonds is 7. The van der Waals surface area contributed by atoms with Crippen LogP contribution in [-0.2, 0) is 9.59 Å². The molecule has 2 atom stereocenters. The molecule has 1 saturated carbocycles. The van der Waals surface area contributed by atoms with E-state index in [-0.39, 0.29) is 6.04 Å². The highest BCUT2D eigenvalue weighted by Crippen LogP contribution is 2.27. The highest BCUT2D eigenvalue weighted by molar-refractivity contribution is 5.87. The van der Waals surface area contributed by atoms with E-state index in [1.54, 1.807) is 0 Å². The van der Waals surface area contributed by atoms with Crippen LogP contribution in [0.5, 0.6) is 0 Å². The minimum absolute atomic E-state index is 0.0355. The molecule has 1 aliphatic rings. The molecule has 0 spiro atoms. The first-order valence-corrected chi connectivity index (χ1v) is 7.52. The van der Waals surface area contributed by atoms with E-state index in [9.17, 15) is 14.4 Å². The standard InChI is InChI=1S/C14H25N3O4/c1-2-10(9-6-4-3-5-7-9)16-14(21)17-11(13(19)20)8-12(15)18/h9-11H,2-8H2,1H3,(H2,15,18)(H,19,20)(H2,16,17,21)/t10?,11-/m0/s1. The number of hydrogen-bond donors (Lipinski definition) is 4. The minimum atomic E-state index is -1.29. The molecule has 0 aromatic heterocycles. The first-order valence-electron chi connectivity index (χ1n) is 7.52. The van der Waals surface area contributed by atoms with Gasteiger partial charge < -0.3 is 21.5 Å². The topological polar surface area (TPSA) is 122 Å². The normalized spacial score (nSPS) is 18.5. The smallest absolute Gasteiger partial charge is 0.326 e. The monoisotopic (exact) mass is 299 g/mol. The van der Waals surface area contributed by atoms with E-state index in [4.69, 9.17) is 10.8 Å². The predicted molar refractivity (Wildman–Crippen MR) is 77.6 cm³/mol. The molecular formula is C14H25N3O4. The lowest BCUT2D eigenvalue weighted by Crippen LogP contribution is -2.51. The summed E-state index contributed by atoms with van der Waals surface area (Å²) < 4.78 is 0. The Morgan fingerprint density at radius 1 is 1.19 bits per heavy atom. The highest BCUT2D eigenvalue weighted by atomic mass is 16.4. The Kier molecular flexibility index (Phi) is 6.98. The van der Waals surface area contributed by atoms with E-state index in [1.807, 2.05) is 6.92 Å². The molecule has 7 nitrogen and oxygen atoms in total. The van der Waals surface area contributed by atoms with Gasteiger partial charge in [0, 0.05) is 6.04 Å². The molecule has 0 aliphatic heterocycles. The van der Waals surface area contributed by atoms with Crippen molar-refractivity contribution in [2.45, 2.75) is 64.0 Å². The summed E-state index contributed by atoms with van der Waals surface area (Å²) in [6.45, 7) is 2.00. The SMILES string of the molecule is CCC(NC(=O)N[C@@H](CC(N)=O)C(=O)O)C1CCCCC1. The molecule has 0 aromatic rings. The number of carbonyl (C=O) groups excluding carboxylic acids is 2. The number of carboxylic acid groups (broad SMARTS) is 1. The van der Waals surface area contributed by atoms with Crippen LogP contribution in [0.25, 0.3) is 0 Å². The molecule has 7 heteroatoms. The second kappa shape index (κ2) is 8.49. The number of carboxylic acids is 1. The van der Waals surface area contributed by atoms with Crippen molar-refractivity contribution in [1.29, 1.82) is 0 Å². The van der Waals surface area contributed by atoms with Crippen LogP contribution in [0.4, 0.5) is 4.79 Å². The van der Waals surface area contributed by atoms with Crippen LogP contribution >= 0.6 is 0 Å². The fourth-order valence-electron chi connectivity index (χ4n) is 2.86. The number of nitrogens with one attached hydrogen (secondary N) is 2. The molecule has 0 radical (unpaired) electrons. The van der Waals surface area contributed by atoms with E-state index >= 15 is 0 Å². The predicted octanol–water partition coefficient (Wildman–Crippen LogP) is 0.973. The molecule has 1 fully saturated rings. The maximum absolute atomic E-state index is 11.9. The van der Waals surface area contributed by atoms with Crippen LogP contribution in [0.2, 0.25) is 0 Å². The van der Waals surface area contributed by atoms with Crippen molar-refractivity contribution in [2.75, 3.05) is 0 Å². The van der Waals surface area contributed by atoms with Crippen molar-refractivity contribution in [3.63, 3.8) is 0 Å². The Morgan fingerprint density at radius 2 is 1.81 bits per heavy atom. The van der Waals surface area contributed by atoms with Crippen molar-refractivity contribution in [3.05, 3.63) is 0 Å². The van der Waals surface area contributed by atoms with Gasteiger partial charge >= 0.3 is 12.0 Å². The Morgan fingerprint density at radius 3 is 2.29 bits per heavy atom.